The number of esters is 1. The second-order valence-electron chi connectivity index (χ2n) is 12.3. The zero-order chi connectivity index (χ0) is 29.0. The van der Waals surface area contributed by atoms with Crippen molar-refractivity contribution in [3.8, 4) is 22.8 Å². The van der Waals surface area contributed by atoms with Crippen molar-refractivity contribution in [2.75, 3.05) is 31.6 Å². The fourth-order valence-corrected chi connectivity index (χ4v) is 6.06. The van der Waals surface area contributed by atoms with Crippen molar-refractivity contribution in [1.29, 1.82) is 0 Å². The van der Waals surface area contributed by atoms with Crippen LogP contribution in [0.1, 0.15) is 76.5 Å². The summed E-state index contributed by atoms with van der Waals surface area (Å²) in [4.78, 5) is 21.8. The van der Waals surface area contributed by atoms with Gasteiger partial charge >= 0.3 is 5.97 Å². The molecule has 2 aliphatic heterocycles. The SMILES string of the molecule is CCC1CCCCN1c1ccc(-c2nc(-c3ccc4c(c3)CN(CCC(=O)OC(C)(C)C)CC4)no2)cc1COC. The first-order chi connectivity index (χ1) is 19.7. The average Bonchev–Trinajstić information content (AvgIpc) is 3.45. The van der Waals surface area contributed by atoms with Gasteiger partial charge in [0.1, 0.15) is 5.60 Å². The molecule has 0 bridgehead atoms. The largest absolute Gasteiger partial charge is 0.460 e. The van der Waals surface area contributed by atoms with Gasteiger partial charge in [-0.3, -0.25) is 9.69 Å². The molecule has 1 fully saturated rings. The minimum atomic E-state index is -0.456. The molecule has 3 aromatic rings. The third-order valence-corrected chi connectivity index (χ3v) is 8.07. The van der Waals surface area contributed by atoms with Gasteiger partial charge in [0.25, 0.3) is 5.89 Å². The van der Waals surface area contributed by atoms with Crippen molar-refractivity contribution in [3.63, 3.8) is 0 Å². The van der Waals surface area contributed by atoms with Gasteiger partial charge in [0.2, 0.25) is 5.82 Å². The number of methoxy groups -OCH3 is 1. The number of hydrogen-bond acceptors (Lipinski definition) is 8. The standard InChI is InChI=1S/C33H44N4O4/c1-6-28-9-7-8-16-37(28)29-13-12-25(20-27(29)22-39-5)32-34-31(35-41-32)24-11-10-23-14-17-36(21-26(23)19-24)18-15-30(38)40-33(2,3)4/h10-13,19-20,28H,6-9,14-18,21-22H2,1-5H3. The Bertz CT molecular complexity index is 1350. The van der Waals surface area contributed by atoms with Crippen molar-refractivity contribution >= 4 is 11.7 Å². The topological polar surface area (TPSA) is 80.9 Å². The third kappa shape index (κ3) is 7.16. The van der Waals surface area contributed by atoms with E-state index in [0.717, 1.165) is 49.2 Å². The van der Waals surface area contributed by atoms with Crippen LogP contribution in [0.4, 0.5) is 5.69 Å². The van der Waals surface area contributed by atoms with Gasteiger partial charge < -0.3 is 18.9 Å². The van der Waals surface area contributed by atoms with Crippen LogP contribution in [0.25, 0.3) is 22.8 Å². The predicted molar refractivity (Wildman–Crippen MR) is 161 cm³/mol. The number of anilines is 1. The van der Waals surface area contributed by atoms with Crippen LogP contribution in [-0.2, 0) is 33.8 Å². The molecule has 1 aromatic heterocycles. The van der Waals surface area contributed by atoms with Gasteiger partial charge in [-0.2, -0.15) is 4.98 Å². The van der Waals surface area contributed by atoms with Crippen LogP contribution in [0.5, 0.6) is 0 Å². The van der Waals surface area contributed by atoms with Crippen LogP contribution in [-0.4, -0.2) is 59.4 Å². The fraction of sp³-hybridized carbons (Fsp3) is 0.545. The molecular weight excluding hydrogens is 516 g/mol. The lowest BCUT2D eigenvalue weighted by molar-refractivity contribution is -0.155. The molecule has 0 N–H and O–H groups in total. The summed E-state index contributed by atoms with van der Waals surface area (Å²) in [6, 6.07) is 13.4. The van der Waals surface area contributed by atoms with Crippen molar-refractivity contribution in [3.05, 3.63) is 53.1 Å². The molecule has 0 saturated carbocycles. The maximum Gasteiger partial charge on any atom is 0.307 e. The number of aromatic nitrogens is 2. The summed E-state index contributed by atoms with van der Waals surface area (Å²) >= 11 is 0. The number of carbonyl (C=O) groups is 1. The predicted octanol–water partition coefficient (Wildman–Crippen LogP) is 6.41. The second kappa shape index (κ2) is 12.7. The molecule has 1 saturated heterocycles. The maximum absolute atomic E-state index is 12.2. The van der Waals surface area contributed by atoms with Crippen LogP contribution in [0, 0.1) is 0 Å². The summed E-state index contributed by atoms with van der Waals surface area (Å²) < 4.78 is 16.8. The highest BCUT2D eigenvalue weighted by Crippen LogP contribution is 2.34. The van der Waals surface area contributed by atoms with E-state index in [-0.39, 0.29) is 5.97 Å². The van der Waals surface area contributed by atoms with Gasteiger partial charge in [-0.05, 0) is 88.3 Å². The molecule has 2 aliphatic rings. The number of carbonyl (C=O) groups excluding carboxylic acids is 1. The Kier molecular flexibility index (Phi) is 9.09. The van der Waals surface area contributed by atoms with Crippen molar-refractivity contribution in [1.82, 2.24) is 15.0 Å². The molecule has 0 aliphatic carbocycles. The molecule has 41 heavy (non-hydrogen) atoms. The first-order valence-electron chi connectivity index (χ1n) is 15.0. The van der Waals surface area contributed by atoms with Crippen molar-refractivity contribution in [2.45, 2.75) is 91.0 Å². The fourth-order valence-electron chi connectivity index (χ4n) is 6.06. The van der Waals surface area contributed by atoms with Crippen LogP contribution in [0.2, 0.25) is 0 Å². The summed E-state index contributed by atoms with van der Waals surface area (Å²) in [6.45, 7) is 12.0. The van der Waals surface area contributed by atoms with Gasteiger partial charge in [0, 0.05) is 61.7 Å². The third-order valence-electron chi connectivity index (χ3n) is 8.07. The maximum atomic E-state index is 12.2. The van der Waals surface area contributed by atoms with E-state index in [4.69, 9.17) is 19.0 Å². The van der Waals surface area contributed by atoms with E-state index in [1.807, 2.05) is 20.8 Å². The Morgan fingerprint density at radius 1 is 1.07 bits per heavy atom. The Labute approximate surface area is 244 Å². The second-order valence-corrected chi connectivity index (χ2v) is 12.3. The van der Waals surface area contributed by atoms with E-state index in [0.29, 0.717) is 37.3 Å². The molecule has 0 amide bonds. The monoisotopic (exact) mass is 560 g/mol. The zero-order valence-corrected chi connectivity index (χ0v) is 25.2. The van der Waals surface area contributed by atoms with Gasteiger partial charge in [-0.25, -0.2) is 0 Å². The molecule has 0 radical (unpaired) electrons. The van der Waals surface area contributed by atoms with Gasteiger partial charge in [-0.15, -0.1) is 0 Å². The lowest BCUT2D eigenvalue weighted by atomic mass is 9.97. The Morgan fingerprint density at radius 3 is 2.68 bits per heavy atom. The minimum absolute atomic E-state index is 0.154. The Hall–Kier alpha value is -3.23. The molecular formula is C33H44N4O4. The van der Waals surface area contributed by atoms with Crippen LogP contribution in [0.3, 0.4) is 0 Å². The van der Waals surface area contributed by atoms with E-state index in [1.54, 1.807) is 7.11 Å². The summed E-state index contributed by atoms with van der Waals surface area (Å²) in [6.07, 6.45) is 6.24. The lowest BCUT2D eigenvalue weighted by Gasteiger charge is -2.38. The van der Waals surface area contributed by atoms with Gasteiger partial charge in [-0.1, -0.05) is 24.2 Å². The van der Waals surface area contributed by atoms with Crippen molar-refractivity contribution in [2.24, 2.45) is 0 Å². The summed E-state index contributed by atoms with van der Waals surface area (Å²) in [5, 5.41) is 4.34. The lowest BCUT2D eigenvalue weighted by Crippen LogP contribution is -2.39. The first-order valence-corrected chi connectivity index (χ1v) is 15.0. The molecule has 8 heteroatoms. The minimum Gasteiger partial charge on any atom is -0.460 e. The van der Waals surface area contributed by atoms with Crippen molar-refractivity contribution < 1.29 is 18.8 Å². The number of nitrogens with zero attached hydrogens (tertiary/aromatic N) is 4. The highest BCUT2D eigenvalue weighted by atomic mass is 16.6. The number of fused-ring (bicyclic) bond motifs is 1. The van der Waals surface area contributed by atoms with Crippen LogP contribution in [0.15, 0.2) is 40.9 Å². The number of piperidine rings is 1. The van der Waals surface area contributed by atoms with E-state index in [2.05, 4.69) is 58.3 Å². The molecule has 3 heterocycles. The quantitative estimate of drug-likeness (QED) is 0.278. The van der Waals surface area contributed by atoms with Crippen LogP contribution < -0.4 is 4.90 Å². The number of benzene rings is 2. The molecule has 1 atom stereocenters. The summed E-state index contributed by atoms with van der Waals surface area (Å²) in [7, 11) is 1.74. The van der Waals surface area contributed by atoms with E-state index >= 15 is 0 Å². The number of ether oxygens (including phenoxy) is 2. The Balaban J connectivity index is 1.30. The molecule has 5 rings (SSSR count). The van der Waals surface area contributed by atoms with E-state index in [9.17, 15) is 4.79 Å². The normalized spacial score (nSPS) is 17.9. The molecule has 2 aromatic carbocycles. The zero-order valence-electron chi connectivity index (χ0n) is 25.2. The molecule has 220 valence electrons. The van der Waals surface area contributed by atoms with E-state index < -0.39 is 5.60 Å². The van der Waals surface area contributed by atoms with E-state index in [1.165, 1.54) is 36.1 Å². The smallest absolute Gasteiger partial charge is 0.307 e. The molecule has 1 unspecified atom stereocenters. The highest BCUT2D eigenvalue weighted by molar-refractivity contribution is 5.70. The number of hydrogen-bond donors (Lipinski definition) is 0. The molecule has 0 spiro atoms. The van der Waals surface area contributed by atoms with Crippen LogP contribution >= 0.6 is 0 Å². The first kappa shape index (κ1) is 29.3. The Morgan fingerprint density at radius 2 is 1.90 bits per heavy atom. The highest BCUT2D eigenvalue weighted by Gasteiger charge is 2.25. The molecule has 8 nitrogen and oxygen atoms in total. The summed E-state index contributed by atoms with van der Waals surface area (Å²) in [5.74, 6) is 0.929. The summed E-state index contributed by atoms with van der Waals surface area (Å²) in [5.41, 5.74) is 6.33. The van der Waals surface area contributed by atoms with Gasteiger partial charge in [0.05, 0.1) is 13.0 Å². The average molecular weight is 561 g/mol. The number of rotatable bonds is 9. The van der Waals surface area contributed by atoms with Gasteiger partial charge in [0.15, 0.2) is 0 Å².